The molecule has 9 nitrogen and oxygen atoms in total. The molecule has 0 radical (unpaired) electrons. The minimum atomic E-state index is -2.82. The number of fused-ring (bicyclic) bond motifs is 3. The number of phenolic OH excluding ortho intramolecular Hbond substituents is 1. The molecule has 4 aliphatic carbocycles. The van der Waals surface area contributed by atoms with Crippen molar-refractivity contribution in [3.63, 3.8) is 0 Å². The number of ketones is 2. The first-order valence-corrected chi connectivity index (χ1v) is 12.7. The first kappa shape index (κ1) is 23.9. The molecule has 1 unspecified atom stereocenters. The number of aromatic hydroxyl groups is 1. The van der Waals surface area contributed by atoms with Gasteiger partial charge in [0.2, 0.25) is 5.78 Å². The van der Waals surface area contributed by atoms with Gasteiger partial charge < -0.3 is 31.3 Å². The van der Waals surface area contributed by atoms with Crippen LogP contribution in [0, 0.1) is 11.8 Å². The molecule has 4 aliphatic rings. The highest BCUT2D eigenvalue weighted by molar-refractivity contribution is 7.99. The van der Waals surface area contributed by atoms with Crippen LogP contribution in [0.4, 0.5) is 0 Å². The minimum Gasteiger partial charge on any atom is -0.511 e. The fourth-order valence-electron chi connectivity index (χ4n) is 6.27. The number of carbonyl (C=O) groups is 3. The van der Waals surface area contributed by atoms with Gasteiger partial charge in [-0.05, 0) is 24.5 Å². The van der Waals surface area contributed by atoms with E-state index in [1.165, 1.54) is 6.07 Å². The molecule has 1 fully saturated rings. The molecule has 1 saturated carbocycles. The molecule has 7 N–H and O–H groups in total. The molecule has 5 atom stereocenters. The molecule has 10 heteroatoms. The standard InChI is InChI=1S/C25H27NO8S/c26-24(33)18-15(28)8-13-20(29)17-12(9-35-10-4-1-2-5-10)11-6-3-7-14(27)16(11)21(30)19(17)23(32)25(13,34)22(18)31/h3,6-7,10,12-13,17,20,27-29,32,34H,1-2,4-5,8-9H2,(H2,26,33)/t12?,13-,17-,20-,25-/m1/s1. The molecule has 1 aromatic carbocycles. The van der Waals surface area contributed by atoms with Crippen molar-refractivity contribution in [2.45, 2.75) is 55.0 Å². The van der Waals surface area contributed by atoms with E-state index in [1.807, 2.05) is 0 Å². The molecular formula is C25H27NO8S. The number of hydrogen-bond donors (Lipinski definition) is 6. The lowest BCUT2D eigenvalue weighted by Crippen LogP contribution is -2.62. The van der Waals surface area contributed by atoms with Crippen molar-refractivity contribution in [3.05, 3.63) is 52.0 Å². The van der Waals surface area contributed by atoms with Crippen LogP contribution in [0.1, 0.15) is 53.9 Å². The van der Waals surface area contributed by atoms with Crippen molar-refractivity contribution in [2.75, 3.05) is 5.75 Å². The van der Waals surface area contributed by atoms with Crippen LogP contribution < -0.4 is 5.73 Å². The fraction of sp³-hybridized carbons (Fsp3) is 0.480. The number of benzene rings is 1. The van der Waals surface area contributed by atoms with Gasteiger partial charge in [0.25, 0.3) is 5.91 Å². The largest absolute Gasteiger partial charge is 0.511 e. The molecule has 0 heterocycles. The Morgan fingerprint density at radius 2 is 1.83 bits per heavy atom. The molecule has 35 heavy (non-hydrogen) atoms. The Morgan fingerprint density at radius 1 is 1.14 bits per heavy atom. The third-order valence-corrected chi connectivity index (χ3v) is 9.48. The third kappa shape index (κ3) is 3.34. The number of carbonyl (C=O) groups excluding carboxylic acids is 3. The SMILES string of the molecule is NC(=O)C1=C(O)C[C@@H]2[C@@H](O)[C@H]3C(=C(O)[C@]2(O)C1=O)C(=O)c1c(O)cccc1C3CSC1CCCC1. The Hall–Kier alpha value is -2.82. The lowest BCUT2D eigenvalue weighted by atomic mass is 9.56. The molecule has 0 spiro atoms. The summed E-state index contributed by atoms with van der Waals surface area (Å²) in [6.07, 6.45) is 2.35. The van der Waals surface area contributed by atoms with Crippen LogP contribution in [-0.2, 0) is 9.59 Å². The van der Waals surface area contributed by atoms with Gasteiger partial charge in [0.1, 0.15) is 22.8 Å². The summed E-state index contributed by atoms with van der Waals surface area (Å²) in [5, 5.41) is 55.5. The monoisotopic (exact) mass is 501 g/mol. The molecule has 0 saturated heterocycles. The van der Waals surface area contributed by atoms with E-state index in [2.05, 4.69) is 0 Å². The lowest BCUT2D eigenvalue weighted by molar-refractivity contribution is -0.154. The predicted molar refractivity (Wildman–Crippen MR) is 126 cm³/mol. The highest BCUT2D eigenvalue weighted by Crippen LogP contribution is 2.55. The van der Waals surface area contributed by atoms with Crippen molar-refractivity contribution in [1.82, 2.24) is 0 Å². The average Bonchev–Trinajstić information content (AvgIpc) is 3.32. The first-order chi connectivity index (χ1) is 16.6. The molecule has 0 aromatic heterocycles. The van der Waals surface area contributed by atoms with E-state index in [1.54, 1.807) is 23.9 Å². The smallest absolute Gasteiger partial charge is 0.255 e. The maximum absolute atomic E-state index is 13.6. The normalized spacial score (nSPS) is 33.0. The van der Waals surface area contributed by atoms with Crippen molar-refractivity contribution >= 4 is 29.2 Å². The Balaban J connectivity index is 1.68. The van der Waals surface area contributed by atoms with E-state index in [-0.39, 0.29) is 16.9 Å². The first-order valence-electron chi connectivity index (χ1n) is 11.7. The summed E-state index contributed by atoms with van der Waals surface area (Å²) in [7, 11) is 0. The van der Waals surface area contributed by atoms with Crippen LogP contribution in [0.2, 0.25) is 0 Å². The molecule has 5 rings (SSSR count). The number of hydrogen-bond acceptors (Lipinski definition) is 9. The molecular weight excluding hydrogens is 474 g/mol. The minimum absolute atomic E-state index is 0.0478. The zero-order valence-electron chi connectivity index (χ0n) is 18.8. The van der Waals surface area contributed by atoms with Crippen LogP contribution in [0.5, 0.6) is 5.75 Å². The highest BCUT2D eigenvalue weighted by atomic mass is 32.2. The van der Waals surface area contributed by atoms with Crippen molar-refractivity contribution in [3.8, 4) is 5.75 Å². The topological polar surface area (TPSA) is 178 Å². The summed E-state index contributed by atoms with van der Waals surface area (Å²) >= 11 is 1.70. The van der Waals surface area contributed by atoms with Crippen molar-refractivity contribution in [2.24, 2.45) is 17.6 Å². The average molecular weight is 502 g/mol. The van der Waals surface area contributed by atoms with Crippen molar-refractivity contribution in [1.29, 1.82) is 0 Å². The van der Waals surface area contributed by atoms with Crippen LogP contribution in [0.15, 0.2) is 40.9 Å². The Kier molecular flexibility index (Phi) is 5.73. The second kappa shape index (κ2) is 8.39. The summed E-state index contributed by atoms with van der Waals surface area (Å²) in [4.78, 5) is 38.5. The number of phenols is 1. The second-order valence-corrected chi connectivity index (χ2v) is 11.1. The van der Waals surface area contributed by atoms with E-state index < -0.39 is 70.4 Å². The van der Waals surface area contributed by atoms with Gasteiger partial charge in [0, 0.05) is 40.8 Å². The molecule has 0 bridgehead atoms. The van der Waals surface area contributed by atoms with E-state index >= 15 is 0 Å². The number of primary amides is 1. The summed E-state index contributed by atoms with van der Waals surface area (Å²) < 4.78 is 0. The number of nitrogens with two attached hydrogens (primary N) is 1. The zero-order chi connectivity index (χ0) is 25.2. The van der Waals surface area contributed by atoms with E-state index in [9.17, 15) is 39.9 Å². The van der Waals surface area contributed by atoms with Gasteiger partial charge in [-0.15, -0.1) is 0 Å². The quantitative estimate of drug-likeness (QED) is 0.335. The number of amides is 1. The van der Waals surface area contributed by atoms with Gasteiger partial charge in [0.05, 0.1) is 11.7 Å². The number of aliphatic hydroxyl groups excluding tert-OH is 3. The van der Waals surface area contributed by atoms with Crippen LogP contribution in [0.3, 0.4) is 0 Å². The maximum atomic E-state index is 13.6. The van der Waals surface area contributed by atoms with Gasteiger partial charge >= 0.3 is 0 Å². The van der Waals surface area contributed by atoms with Gasteiger partial charge in [-0.1, -0.05) is 25.0 Å². The number of allylic oxidation sites excluding steroid dienone is 1. The lowest BCUT2D eigenvalue weighted by Gasteiger charge is -2.50. The fourth-order valence-corrected chi connectivity index (χ4v) is 7.80. The van der Waals surface area contributed by atoms with E-state index in [0.717, 1.165) is 25.7 Å². The number of aliphatic hydroxyl groups is 4. The Morgan fingerprint density at radius 3 is 2.49 bits per heavy atom. The van der Waals surface area contributed by atoms with Crippen LogP contribution >= 0.6 is 11.8 Å². The zero-order valence-corrected chi connectivity index (χ0v) is 19.6. The maximum Gasteiger partial charge on any atom is 0.255 e. The van der Waals surface area contributed by atoms with E-state index in [4.69, 9.17) is 5.73 Å². The van der Waals surface area contributed by atoms with Crippen molar-refractivity contribution < 1.29 is 39.9 Å². The summed E-state index contributed by atoms with van der Waals surface area (Å²) in [5.74, 6) is -7.86. The Labute approximate surface area is 205 Å². The Bertz CT molecular complexity index is 1200. The number of thioether (sulfide) groups is 1. The van der Waals surface area contributed by atoms with Crippen LogP contribution in [-0.4, -0.2) is 65.7 Å². The van der Waals surface area contributed by atoms with Gasteiger partial charge in [0.15, 0.2) is 11.4 Å². The van der Waals surface area contributed by atoms with Gasteiger partial charge in [-0.3, -0.25) is 14.4 Å². The summed E-state index contributed by atoms with van der Waals surface area (Å²) in [6, 6.07) is 4.64. The summed E-state index contributed by atoms with van der Waals surface area (Å²) in [6.45, 7) is 0. The number of rotatable bonds is 4. The van der Waals surface area contributed by atoms with Gasteiger partial charge in [-0.2, -0.15) is 11.8 Å². The second-order valence-electron chi connectivity index (χ2n) is 9.79. The molecule has 1 aromatic rings. The molecule has 0 aliphatic heterocycles. The predicted octanol–water partition coefficient (Wildman–Crippen LogP) is 1.77. The van der Waals surface area contributed by atoms with Crippen LogP contribution in [0.25, 0.3) is 0 Å². The van der Waals surface area contributed by atoms with Gasteiger partial charge in [-0.25, -0.2) is 0 Å². The number of Topliss-reactive ketones (excluding diaryl/α,β-unsaturated/α-hetero) is 2. The summed E-state index contributed by atoms with van der Waals surface area (Å²) in [5.41, 5.74) is 1.64. The van der Waals surface area contributed by atoms with E-state index in [0.29, 0.717) is 16.6 Å². The third-order valence-electron chi connectivity index (χ3n) is 7.98. The highest BCUT2D eigenvalue weighted by Gasteiger charge is 2.64. The molecule has 1 amide bonds. The molecule has 186 valence electrons.